The van der Waals surface area contributed by atoms with Crippen molar-refractivity contribution in [3.8, 4) is 11.5 Å². The Hall–Kier alpha value is -0.240. The molecule has 2 aromatic rings. The van der Waals surface area contributed by atoms with Gasteiger partial charge in [0.15, 0.2) is 0 Å². The number of hydrogen-bond acceptors (Lipinski definition) is 5. The summed E-state index contributed by atoms with van der Waals surface area (Å²) in [5, 5.41) is 11.7. The zero-order valence-corrected chi connectivity index (χ0v) is 14.7. The largest absolute Gasteiger partial charge is 0.419 e. The van der Waals surface area contributed by atoms with Crippen LogP contribution in [0.5, 0.6) is 0 Å². The molecule has 1 unspecified atom stereocenters. The van der Waals surface area contributed by atoms with Crippen LogP contribution in [0.3, 0.4) is 0 Å². The number of halogens is 2. The van der Waals surface area contributed by atoms with E-state index in [4.69, 9.17) is 4.42 Å². The number of aromatic nitrogens is 2. The highest BCUT2D eigenvalue weighted by Gasteiger charge is 2.19. The third kappa shape index (κ3) is 3.65. The Kier molecular flexibility index (Phi) is 5.56. The monoisotopic (exact) mass is 407 g/mol. The van der Waals surface area contributed by atoms with E-state index in [0.717, 1.165) is 32.5 Å². The van der Waals surface area contributed by atoms with Gasteiger partial charge in [0, 0.05) is 0 Å². The van der Waals surface area contributed by atoms with Gasteiger partial charge in [0.25, 0.3) is 0 Å². The molecule has 0 amide bonds. The first-order chi connectivity index (χ1) is 9.15. The standard InChI is InChI=1S/C12H15Br2N3OS/c1-3-5-15-8(4-2)12-17-16-11(18-12)7-6-9(13)19-10(7)14/h6,8,15H,3-5H2,1-2H3. The molecule has 0 aliphatic rings. The van der Waals surface area contributed by atoms with Gasteiger partial charge in [0.05, 0.1) is 19.2 Å². The lowest BCUT2D eigenvalue weighted by Gasteiger charge is -2.11. The van der Waals surface area contributed by atoms with Crippen LogP contribution in [0.25, 0.3) is 11.5 Å². The number of nitrogens with one attached hydrogen (secondary N) is 1. The van der Waals surface area contributed by atoms with Gasteiger partial charge in [-0.1, -0.05) is 13.8 Å². The molecular weight excluding hydrogens is 394 g/mol. The highest BCUT2D eigenvalue weighted by atomic mass is 79.9. The zero-order valence-electron chi connectivity index (χ0n) is 10.7. The average molecular weight is 409 g/mol. The van der Waals surface area contributed by atoms with Gasteiger partial charge in [-0.25, -0.2) is 0 Å². The van der Waals surface area contributed by atoms with Crippen molar-refractivity contribution < 1.29 is 4.42 Å². The van der Waals surface area contributed by atoms with Crippen molar-refractivity contribution in [3.05, 3.63) is 19.5 Å². The molecule has 0 spiro atoms. The molecule has 1 N–H and O–H groups in total. The fourth-order valence-electron chi connectivity index (χ4n) is 1.70. The first kappa shape index (κ1) is 15.2. The lowest BCUT2D eigenvalue weighted by atomic mass is 10.2. The SMILES string of the molecule is CCCNC(CC)c1nnc(-c2cc(Br)sc2Br)o1. The summed E-state index contributed by atoms with van der Waals surface area (Å²) in [5.74, 6) is 1.21. The molecule has 19 heavy (non-hydrogen) atoms. The highest BCUT2D eigenvalue weighted by Crippen LogP contribution is 2.38. The molecule has 0 fully saturated rings. The smallest absolute Gasteiger partial charge is 0.249 e. The van der Waals surface area contributed by atoms with Crippen LogP contribution in [0.15, 0.2) is 18.1 Å². The van der Waals surface area contributed by atoms with E-state index in [2.05, 4.69) is 61.2 Å². The Morgan fingerprint density at radius 2 is 2.16 bits per heavy atom. The second-order valence-electron chi connectivity index (χ2n) is 4.10. The molecule has 104 valence electrons. The Labute approximate surface area is 133 Å². The predicted molar refractivity (Wildman–Crippen MR) is 84.3 cm³/mol. The van der Waals surface area contributed by atoms with Crippen LogP contribution in [-0.2, 0) is 0 Å². The second-order valence-corrected chi connectivity index (χ2v) is 7.85. The molecule has 7 heteroatoms. The van der Waals surface area contributed by atoms with E-state index in [0.29, 0.717) is 11.8 Å². The molecule has 0 aliphatic heterocycles. The van der Waals surface area contributed by atoms with E-state index >= 15 is 0 Å². The predicted octanol–water partition coefficient (Wildman–Crippen LogP) is 4.77. The van der Waals surface area contributed by atoms with Crippen LogP contribution in [-0.4, -0.2) is 16.7 Å². The van der Waals surface area contributed by atoms with Gasteiger partial charge in [0.1, 0.15) is 0 Å². The molecular formula is C12H15Br2N3OS. The van der Waals surface area contributed by atoms with Crippen molar-refractivity contribution >= 4 is 43.2 Å². The van der Waals surface area contributed by atoms with Crippen LogP contribution in [0.2, 0.25) is 0 Å². The fraction of sp³-hybridized carbons (Fsp3) is 0.500. The summed E-state index contributed by atoms with van der Waals surface area (Å²) < 4.78 is 7.81. The van der Waals surface area contributed by atoms with Crippen molar-refractivity contribution in [1.82, 2.24) is 15.5 Å². The summed E-state index contributed by atoms with van der Waals surface area (Å²) in [6.45, 7) is 5.19. The van der Waals surface area contributed by atoms with Crippen molar-refractivity contribution in [2.45, 2.75) is 32.7 Å². The summed E-state index contributed by atoms with van der Waals surface area (Å²) in [6, 6.07) is 2.11. The Morgan fingerprint density at radius 3 is 2.74 bits per heavy atom. The molecule has 2 aromatic heterocycles. The lowest BCUT2D eigenvalue weighted by molar-refractivity contribution is 0.396. The van der Waals surface area contributed by atoms with Gasteiger partial charge in [-0.15, -0.1) is 21.5 Å². The van der Waals surface area contributed by atoms with E-state index in [1.54, 1.807) is 11.3 Å². The van der Waals surface area contributed by atoms with Crippen LogP contribution in [0.1, 0.15) is 38.6 Å². The molecule has 2 heterocycles. The maximum Gasteiger partial charge on any atom is 0.249 e. The number of thiophene rings is 1. The van der Waals surface area contributed by atoms with Gasteiger partial charge in [-0.3, -0.25) is 0 Å². The van der Waals surface area contributed by atoms with Crippen molar-refractivity contribution in [2.75, 3.05) is 6.54 Å². The minimum atomic E-state index is 0.127. The van der Waals surface area contributed by atoms with Gasteiger partial charge in [-0.05, 0) is 57.3 Å². The Bertz CT molecular complexity index is 541. The van der Waals surface area contributed by atoms with Crippen LogP contribution in [0.4, 0.5) is 0 Å². The van der Waals surface area contributed by atoms with Gasteiger partial charge < -0.3 is 9.73 Å². The minimum Gasteiger partial charge on any atom is -0.419 e. The molecule has 2 rings (SSSR count). The highest BCUT2D eigenvalue weighted by molar-refractivity contribution is 9.12. The lowest BCUT2D eigenvalue weighted by Crippen LogP contribution is -2.21. The van der Waals surface area contributed by atoms with Gasteiger partial charge in [0.2, 0.25) is 11.8 Å². The summed E-state index contributed by atoms with van der Waals surface area (Å²) in [5.41, 5.74) is 0.931. The molecule has 0 aliphatic carbocycles. The second kappa shape index (κ2) is 6.97. The van der Waals surface area contributed by atoms with Crippen molar-refractivity contribution in [2.24, 2.45) is 0 Å². The van der Waals surface area contributed by atoms with E-state index in [1.807, 2.05) is 6.07 Å². The summed E-state index contributed by atoms with van der Waals surface area (Å²) >= 11 is 8.55. The first-order valence-electron chi connectivity index (χ1n) is 6.17. The van der Waals surface area contributed by atoms with E-state index in [9.17, 15) is 0 Å². The Morgan fingerprint density at radius 1 is 1.37 bits per heavy atom. The zero-order chi connectivity index (χ0) is 13.8. The minimum absolute atomic E-state index is 0.127. The molecule has 0 bridgehead atoms. The molecule has 0 saturated heterocycles. The first-order valence-corrected chi connectivity index (χ1v) is 8.57. The van der Waals surface area contributed by atoms with Crippen LogP contribution >= 0.6 is 43.2 Å². The summed E-state index contributed by atoms with van der Waals surface area (Å²) in [6.07, 6.45) is 2.01. The molecule has 0 saturated carbocycles. The topological polar surface area (TPSA) is 51.0 Å². The normalized spacial score (nSPS) is 12.8. The van der Waals surface area contributed by atoms with Gasteiger partial charge >= 0.3 is 0 Å². The van der Waals surface area contributed by atoms with Crippen LogP contribution < -0.4 is 5.32 Å². The third-order valence-electron chi connectivity index (χ3n) is 2.67. The fourth-order valence-corrected chi connectivity index (χ4v) is 4.47. The molecule has 1 atom stereocenters. The maximum absolute atomic E-state index is 5.79. The van der Waals surface area contributed by atoms with Crippen molar-refractivity contribution in [1.29, 1.82) is 0 Å². The van der Waals surface area contributed by atoms with Crippen molar-refractivity contribution in [3.63, 3.8) is 0 Å². The molecule has 0 aromatic carbocycles. The number of nitrogens with zero attached hydrogens (tertiary/aromatic N) is 2. The average Bonchev–Trinajstić information content (AvgIpc) is 2.97. The summed E-state index contributed by atoms with van der Waals surface area (Å²) in [7, 11) is 0. The van der Waals surface area contributed by atoms with Crippen LogP contribution in [0, 0.1) is 0 Å². The van der Waals surface area contributed by atoms with E-state index in [1.165, 1.54) is 0 Å². The van der Waals surface area contributed by atoms with E-state index in [-0.39, 0.29) is 6.04 Å². The summed E-state index contributed by atoms with van der Waals surface area (Å²) in [4.78, 5) is 0. The van der Waals surface area contributed by atoms with E-state index < -0.39 is 0 Å². The Balaban J connectivity index is 2.20. The third-order valence-corrected chi connectivity index (χ3v) is 5.01. The number of rotatable bonds is 6. The quantitative estimate of drug-likeness (QED) is 0.747. The molecule has 0 radical (unpaired) electrons. The van der Waals surface area contributed by atoms with Gasteiger partial charge in [-0.2, -0.15) is 0 Å². The number of hydrogen-bond donors (Lipinski definition) is 1. The molecule has 4 nitrogen and oxygen atoms in total. The maximum atomic E-state index is 5.79.